The molecule has 0 unspecified atom stereocenters. The van der Waals surface area contributed by atoms with Gasteiger partial charge in [0.1, 0.15) is 5.82 Å². The Morgan fingerprint density at radius 1 is 1.44 bits per heavy atom. The lowest BCUT2D eigenvalue weighted by atomic mass is 10.3. The zero-order chi connectivity index (χ0) is 11.8. The number of hydrogen-bond acceptors (Lipinski definition) is 3. The Bertz CT molecular complexity index is 500. The molecule has 0 saturated carbocycles. The predicted octanol–water partition coefficient (Wildman–Crippen LogP) is 2.17. The summed E-state index contributed by atoms with van der Waals surface area (Å²) in [4.78, 5) is 0.0430. The maximum Gasteiger partial charge on any atom is 0.243 e. The van der Waals surface area contributed by atoms with Gasteiger partial charge in [0.25, 0.3) is 0 Å². The van der Waals surface area contributed by atoms with Crippen LogP contribution in [0.3, 0.4) is 0 Å². The van der Waals surface area contributed by atoms with Crippen LogP contribution in [0, 0.1) is 5.82 Å². The van der Waals surface area contributed by atoms with E-state index in [1.165, 1.54) is 10.4 Å². The fraction of sp³-hybridized carbons (Fsp3) is 0.333. The van der Waals surface area contributed by atoms with Crippen LogP contribution in [-0.4, -0.2) is 30.9 Å². The van der Waals surface area contributed by atoms with E-state index in [0.717, 1.165) is 17.9 Å². The second-order valence-corrected chi connectivity index (χ2v) is 6.71. The third-order valence-electron chi connectivity index (χ3n) is 2.25. The number of benzene rings is 1. The van der Waals surface area contributed by atoms with Gasteiger partial charge in [0.2, 0.25) is 10.0 Å². The van der Waals surface area contributed by atoms with Crippen molar-refractivity contribution in [1.82, 2.24) is 4.31 Å². The Labute approximate surface area is 103 Å². The van der Waals surface area contributed by atoms with E-state index in [-0.39, 0.29) is 9.92 Å². The topological polar surface area (TPSA) is 37.4 Å². The Hall–Kier alpha value is -0.300. The molecule has 1 aromatic rings. The Balaban J connectivity index is 2.39. The Kier molecular flexibility index (Phi) is 3.44. The molecule has 0 aromatic heterocycles. The highest BCUT2D eigenvalue weighted by molar-refractivity contribution is 8.00. The maximum absolute atomic E-state index is 12.9. The van der Waals surface area contributed by atoms with E-state index in [2.05, 4.69) is 0 Å². The average molecular weight is 282 g/mol. The summed E-state index contributed by atoms with van der Waals surface area (Å²) in [5.74, 6) is 0.613. The molecule has 1 aromatic carbocycles. The molecule has 0 atom stereocenters. The molecular formula is C9H9ClFNO2S2. The van der Waals surface area contributed by atoms with E-state index in [4.69, 9.17) is 11.6 Å². The molecule has 1 aliphatic rings. The molecule has 16 heavy (non-hydrogen) atoms. The summed E-state index contributed by atoms with van der Waals surface area (Å²) in [6.07, 6.45) is 0. The van der Waals surface area contributed by atoms with E-state index in [0.29, 0.717) is 12.4 Å². The van der Waals surface area contributed by atoms with Crippen LogP contribution in [-0.2, 0) is 10.0 Å². The minimum atomic E-state index is -3.52. The van der Waals surface area contributed by atoms with E-state index in [1.807, 2.05) is 0 Å². The zero-order valence-corrected chi connectivity index (χ0v) is 10.6. The van der Waals surface area contributed by atoms with Crippen LogP contribution in [0.1, 0.15) is 0 Å². The van der Waals surface area contributed by atoms with Gasteiger partial charge >= 0.3 is 0 Å². The van der Waals surface area contributed by atoms with Crippen LogP contribution in [0.15, 0.2) is 23.1 Å². The maximum atomic E-state index is 12.9. The molecule has 0 bridgehead atoms. The van der Waals surface area contributed by atoms with Gasteiger partial charge < -0.3 is 0 Å². The molecule has 2 rings (SSSR count). The largest absolute Gasteiger partial charge is 0.243 e. The number of hydrogen-bond donors (Lipinski definition) is 0. The first-order chi connectivity index (χ1) is 7.51. The van der Waals surface area contributed by atoms with Crippen molar-refractivity contribution in [1.29, 1.82) is 0 Å². The van der Waals surface area contributed by atoms with E-state index < -0.39 is 15.8 Å². The smallest absolute Gasteiger partial charge is 0.207 e. The fourth-order valence-electron chi connectivity index (χ4n) is 1.37. The van der Waals surface area contributed by atoms with Crippen molar-refractivity contribution in [3.63, 3.8) is 0 Å². The highest BCUT2D eigenvalue weighted by Crippen LogP contribution is 2.26. The molecule has 0 aliphatic carbocycles. The summed E-state index contributed by atoms with van der Waals surface area (Å²) >= 11 is 7.11. The summed E-state index contributed by atoms with van der Waals surface area (Å²) in [7, 11) is -3.52. The first-order valence-electron chi connectivity index (χ1n) is 4.55. The fourth-order valence-corrected chi connectivity index (χ4v) is 4.46. The minimum absolute atomic E-state index is 0.0430. The number of halogens is 2. The molecule has 0 spiro atoms. The van der Waals surface area contributed by atoms with Crippen LogP contribution in [0.5, 0.6) is 0 Å². The van der Waals surface area contributed by atoms with Gasteiger partial charge in [0, 0.05) is 12.3 Å². The quantitative estimate of drug-likeness (QED) is 0.834. The number of rotatable bonds is 2. The van der Waals surface area contributed by atoms with Gasteiger partial charge in [-0.3, -0.25) is 0 Å². The van der Waals surface area contributed by atoms with Crippen molar-refractivity contribution >= 4 is 33.4 Å². The highest BCUT2D eigenvalue weighted by Gasteiger charge is 2.27. The minimum Gasteiger partial charge on any atom is -0.207 e. The first kappa shape index (κ1) is 12.2. The van der Waals surface area contributed by atoms with Crippen molar-refractivity contribution in [2.45, 2.75) is 4.90 Å². The van der Waals surface area contributed by atoms with E-state index >= 15 is 0 Å². The van der Waals surface area contributed by atoms with Gasteiger partial charge in [-0.1, -0.05) is 11.6 Å². The standard InChI is InChI=1S/C9H9ClFNO2S2/c10-8-5-7(1-2-9(8)11)16(13,14)12-3-4-15-6-12/h1-2,5H,3-4,6H2. The lowest BCUT2D eigenvalue weighted by Crippen LogP contribution is -2.28. The summed E-state index contributed by atoms with van der Waals surface area (Å²) in [6, 6.07) is 3.45. The molecule has 0 amide bonds. The Morgan fingerprint density at radius 2 is 2.19 bits per heavy atom. The van der Waals surface area contributed by atoms with E-state index in [1.54, 1.807) is 11.8 Å². The molecule has 1 saturated heterocycles. The van der Waals surface area contributed by atoms with Crippen LogP contribution in [0.25, 0.3) is 0 Å². The second kappa shape index (κ2) is 4.52. The van der Waals surface area contributed by atoms with Gasteiger partial charge in [-0.05, 0) is 18.2 Å². The molecule has 1 aliphatic heterocycles. The van der Waals surface area contributed by atoms with Crippen LogP contribution >= 0.6 is 23.4 Å². The van der Waals surface area contributed by atoms with Gasteiger partial charge in [-0.2, -0.15) is 4.31 Å². The molecule has 3 nitrogen and oxygen atoms in total. The summed E-state index contributed by atoms with van der Waals surface area (Å²) in [5, 5.41) is -0.173. The second-order valence-electron chi connectivity index (χ2n) is 3.29. The van der Waals surface area contributed by atoms with Gasteiger partial charge in [-0.15, -0.1) is 11.8 Å². The van der Waals surface area contributed by atoms with Crippen molar-refractivity contribution in [3.05, 3.63) is 29.0 Å². The van der Waals surface area contributed by atoms with Crippen LogP contribution in [0.2, 0.25) is 5.02 Å². The number of sulfonamides is 1. The van der Waals surface area contributed by atoms with Crippen LogP contribution < -0.4 is 0 Å². The predicted molar refractivity (Wildman–Crippen MR) is 62.6 cm³/mol. The molecule has 88 valence electrons. The van der Waals surface area contributed by atoms with Crippen molar-refractivity contribution in [2.24, 2.45) is 0 Å². The zero-order valence-electron chi connectivity index (χ0n) is 8.19. The number of nitrogens with zero attached hydrogens (tertiary/aromatic N) is 1. The van der Waals surface area contributed by atoms with Crippen molar-refractivity contribution in [2.75, 3.05) is 18.2 Å². The summed E-state index contributed by atoms with van der Waals surface area (Å²) in [6.45, 7) is 0.488. The van der Waals surface area contributed by atoms with Crippen molar-refractivity contribution in [3.8, 4) is 0 Å². The summed E-state index contributed by atoms with van der Waals surface area (Å²) in [5.41, 5.74) is 0. The van der Waals surface area contributed by atoms with Gasteiger partial charge in [-0.25, -0.2) is 12.8 Å². The normalized spacial score (nSPS) is 17.9. The van der Waals surface area contributed by atoms with E-state index in [9.17, 15) is 12.8 Å². The highest BCUT2D eigenvalue weighted by atomic mass is 35.5. The average Bonchev–Trinajstić information content (AvgIpc) is 2.75. The molecule has 1 heterocycles. The monoisotopic (exact) mass is 281 g/mol. The SMILES string of the molecule is O=S(=O)(c1ccc(F)c(Cl)c1)N1CCSC1. The number of thioether (sulfide) groups is 1. The molecule has 0 N–H and O–H groups in total. The first-order valence-corrected chi connectivity index (χ1v) is 7.52. The van der Waals surface area contributed by atoms with Gasteiger partial charge in [0.15, 0.2) is 0 Å². The molecular weight excluding hydrogens is 273 g/mol. The van der Waals surface area contributed by atoms with Crippen LogP contribution in [0.4, 0.5) is 4.39 Å². The Morgan fingerprint density at radius 3 is 2.75 bits per heavy atom. The molecule has 0 radical (unpaired) electrons. The lowest BCUT2D eigenvalue weighted by Gasteiger charge is -2.14. The molecule has 1 fully saturated rings. The van der Waals surface area contributed by atoms with Gasteiger partial charge in [0.05, 0.1) is 15.8 Å². The third kappa shape index (κ3) is 2.20. The van der Waals surface area contributed by atoms with Crippen molar-refractivity contribution < 1.29 is 12.8 Å². The summed E-state index contributed by atoms with van der Waals surface area (Å²) < 4.78 is 38.3. The lowest BCUT2D eigenvalue weighted by molar-refractivity contribution is 0.489. The molecule has 7 heteroatoms. The third-order valence-corrected chi connectivity index (χ3v) is 5.51.